The van der Waals surface area contributed by atoms with Crippen LogP contribution in [0.5, 0.6) is 0 Å². The van der Waals surface area contributed by atoms with Gasteiger partial charge in [-0.25, -0.2) is 0 Å². The Morgan fingerprint density at radius 1 is 1.29 bits per heavy atom. The Balaban J connectivity index is 1.81. The lowest BCUT2D eigenvalue weighted by atomic mass is 10.1. The van der Waals surface area contributed by atoms with E-state index in [2.05, 4.69) is 40.4 Å². The van der Waals surface area contributed by atoms with Gasteiger partial charge in [-0.1, -0.05) is 30.2 Å². The molecule has 1 aromatic carbocycles. The fourth-order valence-electron chi connectivity index (χ4n) is 1.84. The zero-order valence-electron chi connectivity index (χ0n) is 10.4. The summed E-state index contributed by atoms with van der Waals surface area (Å²) in [4.78, 5) is 2.14. The van der Waals surface area contributed by atoms with Crippen LogP contribution in [-0.2, 0) is 13.1 Å². The third kappa shape index (κ3) is 4.22. The highest BCUT2D eigenvalue weighted by atomic mass is 15.1. The molecular weight excluding hydrogens is 208 g/mol. The van der Waals surface area contributed by atoms with Crippen LogP contribution in [0.4, 0.5) is 0 Å². The zero-order chi connectivity index (χ0) is 12.1. The summed E-state index contributed by atoms with van der Waals surface area (Å²) in [6.07, 6.45) is 7.97. The van der Waals surface area contributed by atoms with Crippen LogP contribution in [0, 0.1) is 12.3 Å². The van der Waals surface area contributed by atoms with Gasteiger partial charge in [-0.05, 0) is 31.0 Å². The van der Waals surface area contributed by atoms with Crippen molar-refractivity contribution in [3.63, 3.8) is 0 Å². The Morgan fingerprint density at radius 3 is 2.53 bits per heavy atom. The smallest absolute Gasteiger partial charge is 0.0599 e. The van der Waals surface area contributed by atoms with Crippen molar-refractivity contribution in [2.24, 2.45) is 0 Å². The summed E-state index contributed by atoms with van der Waals surface area (Å²) < 4.78 is 0. The topological polar surface area (TPSA) is 15.3 Å². The Morgan fingerprint density at radius 2 is 1.94 bits per heavy atom. The number of nitrogens with zero attached hydrogens (tertiary/aromatic N) is 1. The van der Waals surface area contributed by atoms with Crippen LogP contribution in [0.3, 0.4) is 0 Å². The van der Waals surface area contributed by atoms with Crippen LogP contribution in [-0.4, -0.2) is 24.5 Å². The molecule has 0 amide bonds. The summed E-state index contributed by atoms with van der Waals surface area (Å²) in [7, 11) is 2.04. The molecule has 0 aromatic heterocycles. The van der Waals surface area contributed by atoms with E-state index >= 15 is 0 Å². The van der Waals surface area contributed by atoms with E-state index < -0.39 is 0 Å². The van der Waals surface area contributed by atoms with E-state index in [0.29, 0.717) is 6.54 Å². The van der Waals surface area contributed by atoms with Crippen molar-refractivity contribution in [3.8, 4) is 12.3 Å². The molecule has 0 bridgehead atoms. The van der Waals surface area contributed by atoms with Gasteiger partial charge in [0.05, 0.1) is 6.54 Å². The van der Waals surface area contributed by atoms with Gasteiger partial charge >= 0.3 is 0 Å². The second kappa shape index (κ2) is 5.86. The predicted octanol–water partition coefficient (Wildman–Crippen LogP) is 2.00. The minimum atomic E-state index is 0.699. The number of benzene rings is 1. The molecule has 1 N–H and O–H groups in total. The first-order chi connectivity index (χ1) is 8.28. The van der Waals surface area contributed by atoms with Crippen molar-refractivity contribution in [3.05, 3.63) is 35.4 Å². The van der Waals surface area contributed by atoms with Crippen molar-refractivity contribution in [1.82, 2.24) is 10.2 Å². The van der Waals surface area contributed by atoms with Crippen LogP contribution >= 0.6 is 0 Å². The summed E-state index contributed by atoms with van der Waals surface area (Å²) >= 11 is 0. The fraction of sp³-hybridized carbons (Fsp3) is 0.467. The normalized spacial score (nSPS) is 14.9. The number of rotatable bonds is 6. The minimum Gasteiger partial charge on any atom is -0.310 e. The second-order valence-corrected chi connectivity index (χ2v) is 4.85. The van der Waals surface area contributed by atoms with Crippen LogP contribution in [0.15, 0.2) is 24.3 Å². The molecular formula is C15H20N2. The van der Waals surface area contributed by atoms with E-state index in [-0.39, 0.29) is 0 Å². The van der Waals surface area contributed by atoms with Gasteiger partial charge in [0.15, 0.2) is 0 Å². The lowest BCUT2D eigenvalue weighted by Gasteiger charge is -2.13. The second-order valence-electron chi connectivity index (χ2n) is 4.85. The SMILES string of the molecule is C#CCN(C)Cc1ccc(CNC2CC2)cc1. The molecule has 0 aliphatic heterocycles. The molecule has 2 nitrogen and oxygen atoms in total. The van der Waals surface area contributed by atoms with Gasteiger partial charge in [-0.15, -0.1) is 6.42 Å². The maximum atomic E-state index is 5.28. The van der Waals surface area contributed by atoms with Gasteiger partial charge in [0.2, 0.25) is 0 Å². The first-order valence-electron chi connectivity index (χ1n) is 6.21. The lowest BCUT2D eigenvalue weighted by molar-refractivity contribution is 0.369. The maximum absolute atomic E-state index is 5.28. The molecule has 0 radical (unpaired) electrons. The van der Waals surface area contributed by atoms with Gasteiger partial charge in [0.25, 0.3) is 0 Å². The standard InChI is InChI=1S/C15H20N2/c1-3-10-17(2)12-14-6-4-13(5-7-14)11-16-15-8-9-15/h1,4-7,15-16H,8-12H2,2H3. The van der Waals surface area contributed by atoms with Crippen LogP contribution < -0.4 is 5.32 Å². The Kier molecular flexibility index (Phi) is 4.19. The highest BCUT2D eigenvalue weighted by Gasteiger charge is 2.19. The number of hydrogen-bond donors (Lipinski definition) is 1. The van der Waals surface area contributed by atoms with Gasteiger partial charge in [-0.2, -0.15) is 0 Å². The van der Waals surface area contributed by atoms with Crippen molar-refractivity contribution in [1.29, 1.82) is 0 Å². The molecule has 1 aromatic rings. The maximum Gasteiger partial charge on any atom is 0.0599 e. The zero-order valence-corrected chi connectivity index (χ0v) is 10.4. The van der Waals surface area contributed by atoms with Crippen LogP contribution in [0.2, 0.25) is 0 Å². The largest absolute Gasteiger partial charge is 0.310 e. The lowest BCUT2D eigenvalue weighted by Crippen LogP contribution is -2.18. The summed E-state index contributed by atoms with van der Waals surface area (Å²) in [6.45, 7) is 2.61. The summed E-state index contributed by atoms with van der Waals surface area (Å²) in [6, 6.07) is 9.56. The predicted molar refractivity (Wildman–Crippen MR) is 71.5 cm³/mol. The number of hydrogen-bond acceptors (Lipinski definition) is 2. The first-order valence-corrected chi connectivity index (χ1v) is 6.21. The molecule has 0 atom stereocenters. The number of terminal acetylenes is 1. The molecule has 0 heterocycles. The summed E-state index contributed by atoms with van der Waals surface area (Å²) in [5.74, 6) is 2.65. The Hall–Kier alpha value is -1.30. The highest BCUT2D eigenvalue weighted by molar-refractivity contribution is 5.22. The third-order valence-electron chi connectivity index (χ3n) is 3.01. The molecule has 1 aliphatic carbocycles. The van der Waals surface area contributed by atoms with Crippen molar-refractivity contribution >= 4 is 0 Å². The molecule has 2 rings (SSSR count). The van der Waals surface area contributed by atoms with Crippen LogP contribution in [0.1, 0.15) is 24.0 Å². The van der Waals surface area contributed by atoms with Crippen molar-refractivity contribution < 1.29 is 0 Å². The number of nitrogens with one attached hydrogen (secondary N) is 1. The monoisotopic (exact) mass is 228 g/mol. The Labute approximate surface area is 104 Å². The van der Waals surface area contributed by atoms with E-state index in [1.54, 1.807) is 0 Å². The molecule has 1 fully saturated rings. The molecule has 1 aliphatic rings. The average molecular weight is 228 g/mol. The molecule has 1 saturated carbocycles. The van der Waals surface area contributed by atoms with Gasteiger partial charge in [0.1, 0.15) is 0 Å². The summed E-state index contributed by atoms with van der Waals surface area (Å²) in [5.41, 5.74) is 2.68. The van der Waals surface area contributed by atoms with Crippen molar-refractivity contribution in [2.45, 2.75) is 32.0 Å². The van der Waals surface area contributed by atoms with Gasteiger partial charge in [0, 0.05) is 19.1 Å². The van der Waals surface area contributed by atoms with Gasteiger partial charge in [-0.3, -0.25) is 4.90 Å². The van der Waals surface area contributed by atoms with E-state index in [1.807, 2.05) is 7.05 Å². The van der Waals surface area contributed by atoms with E-state index in [0.717, 1.165) is 19.1 Å². The summed E-state index contributed by atoms with van der Waals surface area (Å²) in [5, 5.41) is 3.52. The first kappa shape index (κ1) is 12.2. The molecule has 0 spiro atoms. The highest BCUT2D eigenvalue weighted by Crippen LogP contribution is 2.19. The molecule has 2 heteroatoms. The molecule has 17 heavy (non-hydrogen) atoms. The average Bonchev–Trinajstić information content (AvgIpc) is 3.12. The van der Waals surface area contributed by atoms with Gasteiger partial charge < -0.3 is 5.32 Å². The van der Waals surface area contributed by atoms with E-state index in [9.17, 15) is 0 Å². The molecule has 0 saturated heterocycles. The Bertz CT molecular complexity index is 384. The fourth-order valence-corrected chi connectivity index (χ4v) is 1.84. The third-order valence-corrected chi connectivity index (χ3v) is 3.01. The molecule has 90 valence electrons. The van der Waals surface area contributed by atoms with E-state index in [4.69, 9.17) is 6.42 Å². The van der Waals surface area contributed by atoms with Crippen molar-refractivity contribution in [2.75, 3.05) is 13.6 Å². The minimum absolute atomic E-state index is 0.699. The van der Waals surface area contributed by atoms with Crippen LogP contribution in [0.25, 0.3) is 0 Å². The quantitative estimate of drug-likeness (QED) is 0.749. The van der Waals surface area contributed by atoms with E-state index in [1.165, 1.54) is 24.0 Å². The molecule has 0 unspecified atom stereocenters.